The van der Waals surface area contributed by atoms with E-state index in [2.05, 4.69) is 42.5 Å². The number of benzene rings is 1. The Balaban J connectivity index is 2.19. The monoisotopic (exact) mass is 210 g/mol. The molecule has 0 heterocycles. The van der Waals surface area contributed by atoms with Crippen molar-refractivity contribution in [2.45, 2.75) is 12.3 Å². The Morgan fingerprint density at radius 2 is 2.06 bits per heavy atom. The highest BCUT2D eigenvalue weighted by Gasteiger charge is 2.28. The van der Waals surface area contributed by atoms with Gasteiger partial charge in [-0.1, -0.05) is 48.6 Å². The second kappa shape index (κ2) is 3.76. The van der Waals surface area contributed by atoms with Gasteiger partial charge in [0.05, 0.1) is 6.61 Å². The Labute approximate surface area is 95.4 Å². The van der Waals surface area contributed by atoms with Gasteiger partial charge in [0.2, 0.25) is 0 Å². The molecule has 0 saturated carbocycles. The average molecular weight is 210 g/mol. The fraction of sp³-hybridized carbons (Fsp3) is 0.200. The van der Waals surface area contributed by atoms with Gasteiger partial charge in [-0.15, -0.1) is 0 Å². The largest absolute Gasteiger partial charge is 0.395 e. The zero-order valence-corrected chi connectivity index (χ0v) is 9.06. The van der Waals surface area contributed by atoms with Gasteiger partial charge in [0.1, 0.15) is 0 Å². The number of hydrogen-bond acceptors (Lipinski definition) is 1. The quantitative estimate of drug-likeness (QED) is 0.755. The summed E-state index contributed by atoms with van der Waals surface area (Å²) >= 11 is 0. The van der Waals surface area contributed by atoms with Crippen LogP contribution in [0.1, 0.15) is 23.5 Å². The molecule has 1 atom stereocenters. The van der Waals surface area contributed by atoms with E-state index in [0.29, 0.717) is 0 Å². The van der Waals surface area contributed by atoms with Gasteiger partial charge in [0.25, 0.3) is 0 Å². The van der Waals surface area contributed by atoms with Crippen LogP contribution in [-0.2, 0) is 0 Å². The number of fused-ring (bicyclic) bond motifs is 2. The van der Waals surface area contributed by atoms with E-state index in [1.807, 2.05) is 6.07 Å². The van der Waals surface area contributed by atoms with Gasteiger partial charge in [0.15, 0.2) is 0 Å². The van der Waals surface area contributed by atoms with Crippen molar-refractivity contribution in [3.05, 3.63) is 65.3 Å². The molecule has 80 valence electrons. The molecule has 2 aliphatic carbocycles. The van der Waals surface area contributed by atoms with E-state index in [1.165, 1.54) is 22.3 Å². The van der Waals surface area contributed by atoms with Crippen LogP contribution in [0.15, 0.2) is 54.1 Å². The van der Waals surface area contributed by atoms with E-state index >= 15 is 0 Å². The van der Waals surface area contributed by atoms with Crippen LogP contribution in [-0.4, -0.2) is 11.7 Å². The molecule has 1 nitrogen and oxygen atoms in total. The Hall–Kier alpha value is -1.60. The molecule has 0 spiro atoms. The summed E-state index contributed by atoms with van der Waals surface area (Å²) in [6.45, 7) is 0.195. The normalized spacial score (nSPS) is 21.9. The summed E-state index contributed by atoms with van der Waals surface area (Å²) in [5.41, 5.74) is 5.25. The molecule has 0 amide bonds. The first kappa shape index (κ1) is 9.61. The molecule has 3 rings (SSSR count). The van der Waals surface area contributed by atoms with Crippen LogP contribution >= 0.6 is 0 Å². The van der Waals surface area contributed by atoms with E-state index in [1.54, 1.807) is 0 Å². The fourth-order valence-corrected chi connectivity index (χ4v) is 2.67. The van der Waals surface area contributed by atoms with E-state index in [9.17, 15) is 5.11 Å². The zero-order chi connectivity index (χ0) is 11.0. The topological polar surface area (TPSA) is 20.2 Å². The van der Waals surface area contributed by atoms with Crippen LogP contribution in [0.5, 0.6) is 0 Å². The van der Waals surface area contributed by atoms with Crippen LogP contribution < -0.4 is 0 Å². The van der Waals surface area contributed by atoms with Crippen molar-refractivity contribution < 1.29 is 5.11 Å². The molecular formula is C15H14O. The third-order valence-corrected chi connectivity index (χ3v) is 3.41. The maximum absolute atomic E-state index is 9.56. The van der Waals surface area contributed by atoms with Crippen LogP contribution in [0, 0.1) is 0 Å². The maximum Gasteiger partial charge on any atom is 0.0540 e. The molecule has 1 aromatic carbocycles. The number of rotatable bonds is 1. The van der Waals surface area contributed by atoms with Crippen molar-refractivity contribution in [3.63, 3.8) is 0 Å². The summed E-state index contributed by atoms with van der Waals surface area (Å²) in [5.74, 6) is 0.169. The van der Waals surface area contributed by atoms with Crippen LogP contribution in [0.3, 0.4) is 0 Å². The lowest BCUT2D eigenvalue weighted by molar-refractivity contribution is 0.281. The molecular weight excluding hydrogens is 196 g/mol. The molecule has 0 fully saturated rings. The lowest BCUT2D eigenvalue weighted by Crippen LogP contribution is -2.02. The van der Waals surface area contributed by atoms with Crippen molar-refractivity contribution in [2.24, 2.45) is 0 Å². The first-order valence-corrected chi connectivity index (χ1v) is 5.68. The van der Waals surface area contributed by atoms with Gasteiger partial charge >= 0.3 is 0 Å². The average Bonchev–Trinajstić information content (AvgIpc) is 2.49. The standard InChI is InChI=1S/C15H14O/c16-10-15-13-7-3-1-2-6-11(13)12-8-4-5-9-14(12)15/h1-5,7-9,15-16H,6,10H2. The highest BCUT2D eigenvalue weighted by Crippen LogP contribution is 2.44. The Morgan fingerprint density at radius 3 is 2.94 bits per heavy atom. The molecule has 16 heavy (non-hydrogen) atoms. The second-order valence-electron chi connectivity index (χ2n) is 4.25. The summed E-state index contributed by atoms with van der Waals surface area (Å²) in [5, 5.41) is 9.56. The number of aliphatic hydroxyl groups excluding tert-OH is 1. The number of hydrogen-bond donors (Lipinski definition) is 1. The molecule has 0 aliphatic heterocycles. The zero-order valence-electron chi connectivity index (χ0n) is 9.06. The van der Waals surface area contributed by atoms with Gasteiger partial charge in [-0.05, 0) is 28.7 Å². The molecule has 1 N–H and O–H groups in total. The SMILES string of the molecule is OCC1C2=C(CC=CC=C2)c2ccccc21. The van der Waals surface area contributed by atoms with E-state index in [4.69, 9.17) is 0 Å². The minimum atomic E-state index is 0.169. The van der Waals surface area contributed by atoms with Crippen molar-refractivity contribution in [3.8, 4) is 0 Å². The fourth-order valence-electron chi connectivity index (χ4n) is 2.67. The van der Waals surface area contributed by atoms with Gasteiger partial charge in [-0.3, -0.25) is 0 Å². The van der Waals surface area contributed by atoms with Gasteiger partial charge in [-0.25, -0.2) is 0 Å². The van der Waals surface area contributed by atoms with E-state index < -0.39 is 0 Å². The highest BCUT2D eigenvalue weighted by atomic mass is 16.3. The van der Waals surface area contributed by atoms with E-state index in [-0.39, 0.29) is 12.5 Å². The van der Waals surface area contributed by atoms with Crippen LogP contribution in [0.25, 0.3) is 5.57 Å². The van der Waals surface area contributed by atoms with Crippen molar-refractivity contribution in [1.82, 2.24) is 0 Å². The highest BCUT2D eigenvalue weighted by molar-refractivity contribution is 5.81. The maximum atomic E-state index is 9.56. The minimum absolute atomic E-state index is 0.169. The van der Waals surface area contributed by atoms with Crippen LogP contribution in [0.4, 0.5) is 0 Å². The van der Waals surface area contributed by atoms with Crippen molar-refractivity contribution in [2.75, 3.05) is 6.61 Å². The lowest BCUT2D eigenvalue weighted by atomic mass is 9.96. The minimum Gasteiger partial charge on any atom is -0.395 e. The van der Waals surface area contributed by atoms with Gasteiger partial charge in [-0.2, -0.15) is 0 Å². The molecule has 0 saturated heterocycles. The number of aliphatic hydroxyl groups is 1. The third-order valence-electron chi connectivity index (χ3n) is 3.41. The predicted molar refractivity (Wildman–Crippen MR) is 66.1 cm³/mol. The molecule has 1 heteroatoms. The molecule has 1 unspecified atom stereocenters. The molecule has 2 aliphatic rings. The molecule has 0 radical (unpaired) electrons. The first-order valence-electron chi connectivity index (χ1n) is 5.68. The van der Waals surface area contributed by atoms with Crippen molar-refractivity contribution >= 4 is 5.57 Å². The molecule has 0 bridgehead atoms. The lowest BCUT2D eigenvalue weighted by Gasteiger charge is -2.10. The summed E-state index contributed by atoms with van der Waals surface area (Å²) in [7, 11) is 0. The summed E-state index contributed by atoms with van der Waals surface area (Å²) in [6, 6.07) is 8.41. The smallest absolute Gasteiger partial charge is 0.0540 e. The van der Waals surface area contributed by atoms with Crippen LogP contribution in [0.2, 0.25) is 0 Å². The first-order chi connectivity index (χ1) is 7.92. The van der Waals surface area contributed by atoms with Crippen molar-refractivity contribution in [1.29, 1.82) is 0 Å². The molecule has 1 aromatic rings. The predicted octanol–water partition coefficient (Wildman–Crippen LogP) is 3.05. The Morgan fingerprint density at radius 1 is 1.19 bits per heavy atom. The third kappa shape index (κ3) is 1.29. The van der Waals surface area contributed by atoms with E-state index in [0.717, 1.165) is 6.42 Å². The van der Waals surface area contributed by atoms with Gasteiger partial charge < -0.3 is 5.11 Å². The number of allylic oxidation sites excluding steroid dienone is 5. The van der Waals surface area contributed by atoms with Gasteiger partial charge in [0, 0.05) is 5.92 Å². The summed E-state index contributed by atoms with van der Waals surface area (Å²) in [6.07, 6.45) is 9.43. The summed E-state index contributed by atoms with van der Waals surface area (Å²) in [4.78, 5) is 0. The molecule has 0 aromatic heterocycles. The Bertz CT molecular complexity index is 506. The second-order valence-corrected chi connectivity index (χ2v) is 4.25. The Kier molecular flexibility index (Phi) is 2.26. The summed E-state index contributed by atoms with van der Waals surface area (Å²) < 4.78 is 0.